The maximum Gasteiger partial charge on any atom is 0.160 e. The van der Waals surface area contributed by atoms with Crippen molar-refractivity contribution in [1.82, 2.24) is 0 Å². The zero-order valence-electron chi connectivity index (χ0n) is 13.2. The second kappa shape index (κ2) is 7.38. The SMILES string of the molecule is CC=CC1COC(C2CCC(c3ccc(F)cc3)CC2)OC1. The summed E-state index contributed by atoms with van der Waals surface area (Å²) in [5, 5.41) is 0. The Hall–Kier alpha value is -1.19. The van der Waals surface area contributed by atoms with Gasteiger partial charge in [-0.15, -0.1) is 0 Å². The van der Waals surface area contributed by atoms with Gasteiger partial charge in [-0.2, -0.15) is 0 Å². The van der Waals surface area contributed by atoms with E-state index in [1.807, 2.05) is 19.1 Å². The Morgan fingerprint density at radius 2 is 1.64 bits per heavy atom. The van der Waals surface area contributed by atoms with Gasteiger partial charge < -0.3 is 9.47 Å². The highest BCUT2D eigenvalue weighted by Crippen LogP contribution is 2.38. The van der Waals surface area contributed by atoms with Gasteiger partial charge in [0.15, 0.2) is 6.29 Å². The fourth-order valence-corrected chi connectivity index (χ4v) is 3.65. The van der Waals surface area contributed by atoms with E-state index in [1.54, 1.807) is 12.1 Å². The van der Waals surface area contributed by atoms with Crippen LogP contribution in [0.4, 0.5) is 4.39 Å². The highest BCUT2D eigenvalue weighted by Gasteiger charge is 2.32. The van der Waals surface area contributed by atoms with Gasteiger partial charge in [0, 0.05) is 11.8 Å². The Morgan fingerprint density at radius 3 is 2.23 bits per heavy atom. The van der Waals surface area contributed by atoms with E-state index in [0.29, 0.717) is 17.8 Å². The molecule has 1 saturated heterocycles. The van der Waals surface area contributed by atoms with Crippen LogP contribution in [0.5, 0.6) is 0 Å². The molecule has 1 heterocycles. The van der Waals surface area contributed by atoms with Gasteiger partial charge in [-0.3, -0.25) is 0 Å². The fraction of sp³-hybridized carbons (Fsp3) is 0.579. The molecule has 0 atom stereocenters. The summed E-state index contributed by atoms with van der Waals surface area (Å²) in [7, 11) is 0. The Labute approximate surface area is 132 Å². The molecule has 0 spiro atoms. The number of allylic oxidation sites excluding steroid dienone is 1. The molecule has 1 saturated carbocycles. The molecule has 1 aliphatic heterocycles. The van der Waals surface area contributed by atoms with Gasteiger partial charge >= 0.3 is 0 Å². The second-order valence-corrected chi connectivity index (χ2v) is 6.48. The Morgan fingerprint density at radius 1 is 1.00 bits per heavy atom. The zero-order chi connectivity index (χ0) is 15.4. The van der Waals surface area contributed by atoms with Gasteiger partial charge in [0.05, 0.1) is 13.2 Å². The maximum atomic E-state index is 13.0. The highest BCUT2D eigenvalue weighted by molar-refractivity contribution is 5.20. The minimum absolute atomic E-state index is 0.0318. The summed E-state index contributed by atoms with van der Waals surface area (Å²) >= 11 is 0. The molecular weight excluding hydrogens is 279 g/mol. The zero-order valence-corrected chi connectivity index (χ0v) is 13.2. The van der Waals surface area contributed by atoms with E-state index in [-0.39, 0.29) is 12.1 Å². The molecule has 120 valence electrons. The first-order chi connectivity index (χ1) is 10.8. The molecular formula is C19H25FO2. The quantitative estimate of drug-likeness (QED) is 0.756. The summed E-state index contributed by atoms with van der Waals surface area (Å²) in [6.45, 7) is 3.57. The van der Waals surface area contributed by atoms with Crippen molar-refractivity contribution in [2.75, 3.05) is 13.2 Å². The second-order valence-electron chi connectivity index (χ2n) is 6.48. The topological polar surface area (TPSA) is 18.5 Å². The van der Waals surface area contributed by atoms with Crippen LogP contribution in [0, 0.1) is 17.7 Å². The molecule has 2 fully saturated rings. The van der Waals surface area contributed by atoms with Gasteiger partial charge in [0.2, 0.25) is 0 Å². The van der Waals surface area contributed by atoms with E-state index < -0.39 is 0 Å². The Kier molecular flexibility index (Phi) is 5.27. The van der Waals surface area contributed by atoms with E-state index in [0.717, 1.165) is 38.9 Å². The minimum Gasteiger partial charge on any atom is -0.352 e. The first-order valence-corrected chi connectivity index (χ1v) is 8.37. The number of hydrogen-bond acceptors (Lipinski definition) is 2. The number of ether oxygens (including phenoxy) is 2. The first-order valence-electron chi connectivity index (χ1n) is 8.37. The highest BCUT2D eigenvalue weighted by atomic mass is 19.1. The number of halogens is 1. The number of benzene rings is 1. The molecule has 0 N–H and O–H groups in total. The van der Waals surface area contributed by atoms with Crippen LogP contribution < -0.4 is 0 Å². The summed E-state index contributed by atoms with van der Waals surface area (Å²) < 4.78 is 24.8. The molecule has 0 aromatic heterocycles. The fourth-order valence-electron chi connectivity index (χ4n) is 3.65. The van der Waals surface area contributed by atoms with E-state index >= 15 is 0 Å². The number of hydrogen-bond donors (Lipinski definition) is 0. The van der Waals surface area contributed by atoms with E-state index in [4.69, 9.17) is 9.47 Å². The molecule has 0 bridgehead atoms. The van der Waals surface area contributed by atoms with E-state index in [1.165, 1.54) is 5.56 Å². The summed E-state index contributed by atoms with van der Waals surface area (Å²) in [5.41, 5.74) is 1.26. The lowest BCUT2D eigenvalue weighted by Gasteiger charge is -2.37. The van der Waals surface area contributed by atoms with Crippen LogP contribution in [0.25, 0.3) is 0 Å². The number of rotatable bonds is 3. The average molecular weight is 304 g/mol. The Balaban J connectivity index is 1.49. The standard InChI is InChI=1S/C19H25FO2/c1-2-3-14-12-21-19(22-13-14)17-6-4-15(5-7-17)16-8-10-18(20)11-9-16/h2-3,8-11,14-15,17,19H,4-7,12-13H2,1H3. The van der Waals surface area contributed by atoms with Crippen molar-refractivity contribution >= 4 is 0 Å². The van der Waals surface area contributed by atoms with Crippen molar-refractivity contribution < 1.29 is 13.9 Å². The summed E-state index contributed by atoms with van der Waals surface area (Å²) in [6, 6.07) is 6.98. The van der Waals surface area contributed by atoms with Gasteiger partial charge in [-0.1, -0.05) is 24.3 Å². The predicted octanol–water partition coefficient (Wildman–Crippen LogP) is 4.66. The average Bonchev–Trinajstić information content (AvgIpc) is 2.57. The van der Waals surface area contributed by atoms with Crippen LogP contribution in [0.2, 0.25) is 0 Å². The van der Waals surface area contributed by atoms with Crippen LogP contribution in [0.3, 0.4) is 0 Å². The lowest BCUT2D eigenvalue weighted by atomic mass is 9.78. The van der Waals surface area contributed by atoms with Gasteiger partial charge in [-0.05, 0) is 56.2 Å². The first kappa shape index (κ1) is 15.7. The molecule has 1 aliphatic carbocycles. The molecule has 2 nitrogen and oxygen atoms in total. The van der Waals surface area contributed by atoms with Crippen molar-refractivity contribution in [3.8, 4) is 0 Å². The molecule has 0 unspecified atom stereocenters. The van der Waals surface area contributed by atoms with Crippen molar-refractivity contribution in [1.29, 1.82) is 0 Å². The van der Waals surface area contributed by atoms with Crippen molar-refractivity contribution in [3.05, 3.63) is 47.8 Å². The molecule has 1 aromatic carbocycles. The lowest BCUT2D eigenvalue weighted by Crippen LogP contribution is -2.37. The van der Waals surface area contributed by atoms with E-state index in [9.17, 15) is 4.39 Å². The van der Waals surface area contributed by atoms with Gasteiger partial charge in [0.1, 0.15) is 5.82 Å². The molecule has 2 aliphatic rings. The molecule has 22 heavy (non-hydrogen) atoms. The van der Waals surface area contributed by atoms with Gasteiger partial charge in [-0.25, -0.2) is 4.39 Å². The van der Waals surface area contributed by atoms with Crippen LogP contribution in [0.1, 0.15) is 44.1 Å². The molecule has 0 amide bonds. The Bertz CT molecular complexity index is 481. The lowest BCUT2D eigenvalue weighted by molar-refractivity contribution is -0.222. The smallest absolute Gasteiger partial charge is 0.160 e. The van der Waals surface area contributed by atoms with Crippen molar-refractivity contribution in [3.63, 3.8) is 0 Å². The molecule has 1 aromatic rings. The van der Waals surface area contributed by atoms with Gasteiger partial charge in [0.25, 0.3) is 0 Å². The molecule has 0 radical (unpaired) electrons. The van der Waals surface area contributed by atoms with E-state index in [2.05, 4.69) is 12.2 Å². The van der Waals surface area contributed by atoms with Crippen molar-refractivity contribution in [2.45, 2.75) is 44.8 Å². The predicted molar refractivity (Wildman–Crippen MR) is 85.1 cm³/mol. The summed E-state index contributed by atoms with van der Waals surface area (Å²) in [4.78, 5) is 0. The molecule has 3 rings (SSSR count). The van der Waals surface area contributed by atoms with Crippen LogP contribution in [-0.4, -0.2) is 19.5 Å². The summed E-state index contributed by atoms with van der Waals surface area (Å²) in [5.74, 6) is 1.30. The van der Waals surface area contributed by atoms with Crippen LogP contribution in [0.15, 0.2) is 36.4 Å². The minimum atomic E-state index is -0.155. The largest absolute Gasteiger partial charge is 0.352 e. The van der Waals surface area contributed by atoms with Crippen LogP contribution >= 0.6 is 0 Å². The third kappa shape index (κ3) is 3.76. The van der Waals surface area contributed by atoms with Crippen molar-refractivity contribution in [2.24, 2.45) is 11.8 Å². The normalized spacial score (nSPS) is 33.2. The molecule has 3 heteroatoms. The third-order valence-corrected chi connectivity index (χ3v) is 4.91. The maximum absolute atomic E-state index is 13.0. The summed E-state index contributed by atoms with van der Waals surface area (Å²) in [6.07, 6.45) is 8.71. The third-order valence-electron chi connectivity index (χ3n) is 4.91. The van der Waals surface area contributed by atoms with Crippen LogP contribution in [-0.2, 0) is 9.47 Å². The monoisotopic (exact) mass is 304 g/mol.